The zero-order valence-corrected chi connectivity index (χ0v) is 11.9. The number of hydrogen-bond acceptors (Lipinski definition) is 6. The summed E-state index contributed by atoms with van der Waals surface area (Å²) in [5, 5.41) is 16.9. The average Bonchev–Trinajstić information content (AvgIpc) is 2.89. The second kappa shape index (κ2) is 7.67. The van der Waals surface area contributed by atoms with Crippen molar-refractivity contribution >= 4 is 28.3 Å². The van der Waals surface area contributed by atoms with Crippen LogP contribution in [-0.2, 0) is 9.59 Å². The molecule has 0 aliphatic rings. The number of aromatic nitrogens is 2. The third-order valence-corrected chi connectivity index (χ3v) is 3.41. The van der Waals surface area contributed by atoms with Crippen molar-refractivity contribution in [2.24, 2.45) is 0 Å². The maximum absolute atomic E-state index is 12.0. The molecule has 1 N–H and O–H groups in total. The van der Waals surface area contributed by atoms with Gasteiger partial charge in [-0.2, -0.15) is 0 Å². The summed E-state index contributed by atoms with van der Waals surface area (Å²) >= 11 is 1.29. The Kier molecular flexibility index (Phi) is 6.20. The van der Waals surface area contributed by atoms with Gasteiger partial charge in [0.05, 0.1) is 13.0 Å². The van der Waals surface area contributed by atoms with E-state index >= 15 is 0 Å². The standard InChI is InChI=1S/C11H18N4O3S/c1-3-14(4-2)9(16)7-15(6-5-10(17)18)11-13-12-8-19-11/h8H,3-7H2,1-2H3,(H,17,18). The van der Waals surface area contributed by atoms with E-state index in [2.05, 4.69) is 10.2 Å². The van der Waals surface area contributed by atoms with Crippen LogP contribution in [-0.4, -0.2) is 58.3 Å². The van der Waals surface area contributed by atoms with Crippen molar-refractivity contribution in [2.45, 2.75) is 20.3 Å². The molecule has 0 spiro atoms. The molecule has 1 aromatic heterocycles. The van der Waals surface area contributed by atoms with Crippen LogP contribution in [0.1, 0.15) is 20.3 Å². The van der Waals surface area contributed by atoms with Gasteiger partial charge in [-0.05, 0) is 13.8 Å². The lowest BCUT2D eigenvalue weighted by atomic mass is 10.3. The van der Waals surface area contributed by atoms with Crippen molar-refractivity contribution in [3.63, 3.8) is 0 Å². The molecule has 0 aromatic carbocycles. The number of carbonyl (C=O) groups excluding carboxylic acids is 1. The van der Waals surface area contributed by atoms with Crippen LogP contribution in [0.4, 0.5) is 5.13 Å². The van der Waals surface area contributed by atoms with Crippen LogP contribution in [0, 0.1) is 0 Å². The van der Waals surface area contributed by atoms with E-state index in [1.165, 1.54) is 11.3 Å². The van der Waals surface area contributed by atoms with Crippen molar-refractivity contribution < 1.29 is 14.7 Å². The molecule has 0 bridgehead atoms. The maximum Gasteiger partial charge on any atom is 0.305 e. The van der Waals surface area contributed by atoms with E-state index in [1.807, 2.05) is 13.8 Å². The molecule has 19 heavy (non-hydrogen) atoms. The van der Waals surface area contributed by atoms with Gasteiger partial charge in [-0.25, -0.2) is 0 Å². The average molecular weight is 286 g/mol. The molecule has 0 saturated carbocycles. The Morgan fingerprint density at radius 3 is 2.53 bits per heavy atom. The number of nitrogens with zero attached hydrogens (tertiary/aromatic N) is 4. The molecule has 1 aromatic rings. The summed E-state index contributed by atoms with van der Waals surface area (Å²) in [5.41, 5.74) is 1.56. The smallest absolute Gasteiger partial charge is 0.305 e. The highest BCUT2D eigenvalue weighted by atomic mass is 32.1. The van der Waals surface area contributed by atoms with Crippen LogP contribution in [0.5, 0.6) is 0 Å². The highest BCUT2D eigenvalue weighted by Gasteiger charge is 2.18. The van der Waals surface area contributed by atoms with Crippen molar-refractivity contribution in [3.8, 4) is 0 Å². The zero-order chi connectivity index (χ0) is 14.3. The first kappa shape index (κ1) is 15.4. The third-order valence-electron chi connectivity index (χ3n) is 2.66. The van der Waals surface area contributed by atoms with E-state index in [1.54, 1.807) is 15.3 Å². The molecule has 106 valence electrons. The summed E-state index contributed by atoms with van der Waals surface area (Å²) in [4.78, 5) is 26.1. The van der Waals surface area contributed by atoms with Gasteiger partial charge in [-0.1, -0.05) is 11.3 Å². The molecule has 0 unspecified atom stereocenters. The quantitative estimate of drug-likeness (QED) is 0.756. The second-order valence-electron chi connectivity index (χ2n) is 3.85. The third kappa shape index (κ3) is 4.82. The lowest BCUT2D eigenvalue weighted by molar-refractivity contribution is -0.137. The summed E-state index contributed by atoms with van der Waals surface area (Å²) in [7, 11) is 0. The van der Waals surface area contributed by atoms with Gasteiger partial charge in [0.15, 0.2) is 0 Å². The fraction of sp³-hybridized carbons (Fsp3) is 0.636. The first-order chi connectivity index (χ1) is 9.08. The number of carbonyl (C=O) groups is 2. The molecule has 1 rings (SSSR count). The van der Waals surface area contributed by atoms with E-state index < -0.39 is 5.97 Å². The van der Waals surface area contributed by atoms with E-state index in [-0.39, 0.29) is 25.4 Å². The fourth-order valence-corrected chi connectivity index (χ4v) is 2.21. The minimum absolute atomic E-state index is 0.0365. The molecular weight excluding hydrogens is 268 g/mol. The minimum atomic E-state index is -0.898. The van der Waals surface area contributed by atoms with Gasteiger partial charge in [0.1, 0.15) is 5.51 Å². The topological polar surface area (TPSA) is 86.6 Å². The van der Waals surface area contributed by atoms with Gasteiger partial charge >= 0.3 is 5.97 Å². The molecule has 1 heterocycles. The van der Waals surface area contributed by atoms with Crippen LogP contribution in [0.25, 0.3) is 0 Å². The molecule has 1 amide bonds. The van der Waals surface area contributed by atoms with Gasteiger partial charge in [0.25, 0.3) is 0 Å². The number of aliphatic carboxylic acids is 1. The number of rotatable bonds is 8. The maximum atomic E-state index is 12.0. The normalized spacial score (nSPS) is 10.2. The molecule has 0 atom stereocenters. The molecule has 0 radical (unpaired) electrons. The van der Waals surface area contributed by atoms with Crippen molar-refractivity contribution in [2.75, 3.05) is 31.1 Å². The SMILES string of the molecule is CCN(CC)C(=O)CN(CCC(=O)O)c1nncs1. The highest BCUT2D eigenvalue weighted by molar-refractivity contribution is 7.13. The van der Waals surface area contributed by atoms with Crippen molar-refractivity contribution in [1.82, 2.24) is 15.1 Å². The predicted octanol–water partition coefficient (Wildman–Crippen LogP) is 0.688. The summed E-state index contributed by atoms with van der Waals surface area (Å²) in [6.07, 6.45) is -0.0366. The molecule has 0 fully saturated rings. The first-order valence-electron chi connectivity index (χ1n) is 6.09. The van der Waals surface area contributed by atoms with E-state index in [4.69, 9.17) is 5.11 Å². The van der Waals surface area contributed by atoms with Gasteiger partial charge < -0.3 is 14.9 Å². The number of anilines is 1. The van der Waals surface area contributed by atoms with Crippen LogP contribution in [0.3, 0.4) is 0 Å². The summed E-state index contributed by atoms with van der Waals surface area (Å²) in [6, 6.07) is 0. The Morgan fingerprint density at radius 2 is 2.05 bits per heavy atom. The van der Waals surface area contributed by atoms with Crippen molar-refractivity contribution in [1.29, 1.82) is 0 Å². The van der Waals surface area contributed by atoms with Crippen LogP contribution in [0.15, 0.2) is 5.51 Å². The Bertz CT molecular complexity index is 406. The molecule has 7 nitrogen and oxygen atoms in total. The summed E-state index contributed by atoms with van der Waals surface area (Å²) in [6.45, 7) is 5.47. The first-order valence-corrected chi connectivity index (χ1v) is 6.97. The van der Waals surface area contributed by atoms with Gasteiger partial charge in [0.2, 0.25) is 11.0 Å². The second-order valence-corrected chi connectivity index (χ2v) is 4.66. The van der Waals surface area contributed by atoms with Gasteiger partial charge in [-0.3, -0.25) is 9.59 Å². The zero-order valence-electron chi connectivity index (χ0n) is 11.1. The van der Waals surface area contributed by atoms with Gasteiger partial charge in [0, 0.05) is 19.6 Å². The molecule has 0 aliphatic carbocycles. The number of hydrogen-bond donors (Lipinski definition) is 1. The largest absolute Gasteiger partial charge is 0.481 e. The van der Waals surface area contributed by atoms with Crippen LogP contribution in [0.2, 0.25) is 0 Å². The molecule has 0 saturated heterocycles. The monoisotopic (exact) mass is 286 g/mol. The van der Waals surface area contributed by atoms with E-state index in [9.17, 15) is 9.59 Å². The lowest BCUT2D eigenvalue weighted by Gasteiger charge is -2.24. The van der Waals surface area contributed by atoms with Crippen LogP contribution < -0.4 is 4.90 Å². The molecular formula is C11H18N4O3S. The Morgan fingerprint density at radius 1 is 1.37 bits per heavy atom. The Balaban J connectivity index is 2.69. The number of carboxylic acid groups (broad SMARTS) is 1. The minimum Gasteiger partial charge on any atom is -0.481 e. The number of likely N-dealkylation sites (N-methyl/N-ethyl adjacent to an activating group) is 1. The van der Waals surface area contributed by atoms with E-state index in [0.29, 0.717) is 18.2 Å². The Labute approximate surface area is 115 Å². The lowest BCUT2D eigenvalue weighted by Crippen LogP contribution is -2.41. The summed E-state index contributed by atoms with van der Waals surface area (Å²) < 4.78 is 0. The fourth-order valence-electron chi connectivity index (χ4n) is 1.62. The summed E-state index contributed by atoms with van der Waals surface area (Å²) in [5.74, 6) is -0.935. The van der Waals surface area contributed by atoms with Crippen LogP contribution >= 0.6 is 11.3 Å². The highest BCUT2D eigenvalue weighted by Crippen LogP contribution is 2.16. The van der Waals surface area contributed by atoms with Gasteiger partial charge in [-0.15, -0.1) is 10.2 Å². The molecule has 0 aliphatic heterocycles. The number of amides is 1. The Hall–Kier alpha value is -1.70. The number of carboxylic acids is 1. The molecule has 8 heteroatoms. The van der Waals surface area contributed by atoms with Crippen molar-refractivity contribution in [3.05, 3.63) is 5.51 Å². The van der Waals surface area contributed by atoms with E-state index in [0.717, 1.165) is 0 Å². The predicted molar refractivity (Wildman–Crippen MR) is 72.3 cm³/mol.